The van der Waals surface area contributed by atoms with E-state index in [-0.39, 0.29) is 0 Å². The van der Waals surface area contributed by atoms with E-state index >= 15 is 0 Å². The van der Waals surface area contributed by atoms with E-state index in [1.807, 2.05) is 12.1 Å². The van der Waals surface area contributed by atoms with Crippen LogP contribution in [-0.4, -0.2) is 5.11 Å². The SMILES string of the molecule is Oc1ccc(-c2ccccc2)c(CC2CCCC2)c1. The van der Waals surface area contributed by atoms with Gasteiger partial charge in [-0.3, -0.25) is 0 Å². The zero-order valence-corrected chi connectivity index (χ0v) is 11.2. The predicted molar refractivity (Wildman–Crippen MR) is 79.2 cm³/mol. The topological polar surface area (TPSA) is 20.2 Å². The molecule has 1 aliphatic carbocycles. The number of hydrogen-bond acceptors (Lipinski definition) is 1. The van der Waals surface area contributed by atoms with Crippen molar-refractivity contribution in [3.05, 3.63) is 54.1 Å². The van der Waals surface area contributed by atoms with Crippen molar-refractivity contribution in [3.63, 3.8) is 0 Å². The smallest absolute Gasteiger partial charge is 0.115 e. The molecule has 98 valence electrons. The summed E-state index contributed by atoms with van der Waals surface area (Å²) in [6.45, 7) is 0. The third-order valence-electron chi connectivity index (χ3n) is 4.16. The van der Waals surface area contributed by atoms with E-state index in [2.05, 4.69) is 30.3 Å². The maximum Gasteiger partial charge on any atom is 0.115 e. The van der Waals surface area contributed by atoms with Crippen molar-refractivity contribution in [2.45, 2.75) is 32.1 Å². The highest BCUT2D eigenvalue weighted by Crippen LogP contribution is 2.33. The molecular formula is C18H20O. The van der Waals surface area contributed by atoms with Crippen molar-refractivity contribution in [1.82, 2.24) is 0 Å². The highest BCUT2D eigenvalue weighted by atomic mass is 16.3. The molecule has 2 aromatic carbocycles. The first-order valence-electron chi connectivity index (χ1n) is 7.20. The molecule has 1 fully saturated rings. The largest absolute Gasteiger partial charge is 0.508 e. The summed E-state index contributed by atoms with van der Waals surface area (Å²) in [7, 11) is 0. The predicted octanol–water partition coefficient (Wildman–Crippen LogP) is 4.79. The van der Waals surface area contributed by atoms with E-state index in [1.54, 1.807) is 6.07 Å². The zero-order valence-electron chi connectivity index (χ0n) is 11.2. The zero-order chi connectivity index (χ0) is 13.1. The fraction of sp³-hybridized carbons (Fsp3) is 0.333. The van der Waals surface area contributed by atoms with Crippen LogP contribution < -0.4 is 0 Å². The fourth-order valence-electron chi connectivity index (χ4n) is 3.17. The van der Waals surface area contributed by atoms with Gasteiger partial charge in [-0.1, -0.05) is 62.1 Å². The van der Waals surface area contributed by atoms with E-state index in [1.165, 1.54) is 42.4 Å². The Kier molecular flexibility index (Phi) is 3.54. The Morgan fingerprint density at radius 3 is 2.42 bits per heavy atom. The summed E-state index contributed by atoms with van der Waals surface area (Å²) in [5, 5.41) is 9.76. The molecule has 0 amide bonds. The number of hydrogen-bond donors (Lipinski definition) is 1. The van der Waals surface area contributed by atoms with Crippen LogP contribution in [0.4, 0.5) is 0 Å². The fourth-order valence-corrected chi connectivity index (χ4v) is 3.17. The van der Waals surface area contributed by atoms with Gasteiger partial charge >= 0.3 is 0 Å². The molecule has 0 bridgehead atoms. The van der Waals surface area contributed by atoms with E-state index in [0.29, 0.717) is 5.75 Å². The lowest BCUT2D eigenvalue weighted by Crippen LogP contribution is -2.00. The van der Waals surface area contributed by atoms with Gasteiger partial charge in [-0.2, -0.15) is 0 Å². The van der Waals surface area contributed by atoms with Gasteiger partial charge in [0.25, 0.3) is 0 Å². The number of phenolic OH excluding ortho intramolecular Hbond substituents is 1. The Bertz CT molecular complexity index is 539. The molecule has 1 nitrogen and oxygen atoms in total. The van der Waals surface area contributed by atoms with Crippen LogP contribution in [0.3, 0.4) is 0 Å². The quantitative estimate of drug-likeness (QED) is 0.832. The lowest BCUT2D eigenvalue weighted by atomic mass is 9.91. The second-order valence-corrected chi connectivity index (χ2v) is 5.56. The van der Waals surface area contributed by atoms with Crippen molar-refractivity contribution in [1.29, 1.82) is 0 Å². The molecule has 0 heterocycles. The highest BCUT2D eigenvalue weighted by molar-refractivity contribution is 5.68. The second kappa shape index (κ2) is 5.48. The normalized spacial score (nSPS) is 15.8. The van der Waals surface area contributed by atoms with Crippen LogP contribution in [-0.2, 0) is 6.42 Å². The molecule has 0 atom stereocenters. The van der Waals surface area contributed by atoms with Crippen molar-refractivity contribution < 1.29 is 5.11 Å². The molecule has 0 radical (unpaired) electrons. The van der Waals surface area contributed by atoms with E-state index in [4.69, 9.17) is 0 Å². The van der Waals surface area contributed by atoms with Gasteiger partial charge in [-0.15, -0.1) is 0 Å². The minimum absolute atomic E-state index is 0.382. The Morgan fingerprint density at radius 2 is 1.68 bits per heavy atom. The molecule has 1 heteroatoms. The van der Waals surface area contributed by atoms with E-state index in [0.717, 1.165) is 12.3 Å². The summed E-state index contributed by atoms with van der Waals surface area (Å²) in [5.74, 6) is 1.18. The number of phenols is 1. The molecular weight excluding hydrogens is 232 g/mol. The van der Waals surface area contributed by atoms with E-state index in [9.17, 15) is 5.11 Å². The van der Waals surface area contributed by atoms with Crippen molar-refractivity contribution in [3.8, 4) is 16.9 Å². The summed E-state index contributed by atoms with van der Waals surface area (Å²) in [6, 6.07) is 16.3. The molecule has 0 unspecified atom stereocenters. The first kappa shape index (κ1) is 12.3. The van der Waals surface area contributed by atoms with Gasteiger partial charge < -0.3 is 5.11 Å². The summed E-state index contributed by atoms with van der Waals surface area (Å²) in [5.41, 5.74) is 3.80. The Hall–Kier alpha value is -1.76. The third-order valence-corrected chi connectivity index (χ3v) is 4.16. The van der Waals surface area contributed by atoms with Gasteiger partial charge in [-0.25, -0.2) is 0 Å². The van der Waals surface area contributed by atoms with Gasteiger partial charge in [0.1, 0.15) is 5.75 Å². The van der Waals surface area contributed by atoms with Crippen molar-refractivity contribution >= 4 is 0 Å². The third kappa shape index (κ3) is 2.81. The highest BCUT2D eigenvalue weighted by Gasteiger charge is 2.17. The second-order valence-electron chi connectivity index (χ2n) is 5.56. The Balaban J connectivity index is 1.94. The lowest BCUT2D eigenvalue weighted by Gasteiger charge is -2.14. The molecule has 1 aliphatic rings. The minimum Gasteiger partial charge on any atom is -0.508 e. The Labute approximate surface area is 114 Å². The van der Waals surface area contributed by atoms with Crippen LogP contribution in [0, 0.1) is 5.92 Å². The molecule has 1 N–H and O–H groups in total. The number of benzene rings is 2. The van der Waals surface area contributed by atoms with Crippen LogP contribution in [0.15, 0.2) is 48.5 Å². The van der Waals surface area contributed by atoms with Crippen LogP contribution >= 0.6 is 0 Å². The number of aromatic hydroxyl groups is 1. The molecule has 1 saturated carbocycles. The summed E-state index contributed by atoms with van der Waals surface area (Å²) >= 11 is 0. The van der Waals surface area contributed by atoms with Gasteiger partial charge in [-0.05, 0) is 41.2 Å². The maximum absolute atomic E-state index is 9.76. The number of rotatable bonds is 3. The molecule has 0 aliphatic heterocycles. The molecule has 0 spiro atoms. The van der Waals surface area contributed by atoms with Crippen molar-refractivity contribution in [2.24, 2.45) is 5.92 Å². The Morgan fingerprint density at radius 1 is 0.947 bits per heavy atom. The van der Waals surface area contributed by atoms with Gasteiger partial charge in [0, 0.05) is 0 Å². The van der Waals surface area contributed by atoms with E-state index < -0.39 is 0 Å². The van der Waals surface area contributed by atoms with Crippen LogP contribution in [0.1, 0.15) is 31.2 Å². The molecule has 3 rings (SSSR count). The minimum atomic E-state index is 0.382. The monoisotopic (exact) mass is 252 g/mol. The van der Waals surface area contributed by atoms with Gasteiger partial charge in [0.2, 0.25) is 0 Å². The maximum atomic E-state index is 9.76. The first-order chi connectivity index (χ1) is 9.33. The van der Waals surface area contributed by atoms with Gasteiger partial charge in [0.05, 0.1) is 0 Å². The van der Waals surface area contributed by atoms with Crippen LogP contribution in [0.25, 0.3) is 11.1 Å². The molecule has 2 aromatic rings. The first-order valence-corrected chi connectivity index (χ1v) is 7.20. The van der Waals surface area contributed by atoms with Crippen LogP contribution in [0.5, 0.6) is 5.75 Å². The summed E-state index contributed by atoms with van der Waals surface area (Å²) < 4.78 is 0. The average Bonchev–Trinajstić information content (AvgIpc) is 2.93. The molecule has 19 heavy (non-hydrogen) atoms. The average molecular weight is 252 g/mol. The molecule has 0 aromatic heterocycles. The van der Waals surface area contributed by atoms with Gasteiger partial charge in [0.15, 0.2) is 0 Å². The lowest BCUT2D eigenvalue weighted by molar-refractivity contribution is 0.473. The standard InChI is InChI=1S/C18H20O/c19-17-10-11-18(15-8-2-1-3-9-15)16(13-17)12-14-6-4-5-7-14/h1-3,8-11,13-14,19H,4-7,12H2. The van der Waals surface area contributed by atoms with Crippen molar-refractivity contribution in [2.75, 3.05) is 0 Å². The summed E-state index contributed by atoms with van der Waals surface area (Å²) in [4.78, 5) is 0. The summed E-state index contributed by atoms with van der Waals surface area (Å²) in [6.07, 6.45) is 6.50. The van der Waals surface area contributed by atoms with Crippen LogP contribution in [0.2, 0.25) is 0 Å². The molecule has 0 saturated heterocycles.